The summed E-state index contributed by atoms with van der Waals surface area (Å²) >= 11 is 5.23. The Morgan fingerprint density at radius 3 is 2.82 bits per heavy atom. The van der Waals surface area contributed by atoms with Gasteiger partial charge in [0.25, 0.3) is 0 Å². The lowest BCUT2D eigenvalue weighted by Crippen LogP contribution is -2.06. The summed E-state index contributed by atoms with van der Waals surface area (Å²) in [6, 6.07) is 3.92. The van der Waals surface area contributed by atoms with Gasteiger partial charge in [-0.2, -0.15) is 5.10 Å². The molecule has 0 saturated heterocycles. The molecule has 5 heteroatoms. The van der Waals surface area contributed by atoms with E-state index in [1.54, 1.807) is 0 Å². The van der Waals surface area contributed by atoms with Gasteiger partial charge in [0.2, 0.25) is 0 Å². The molecule has 92 valence electrons. The summed E-state index contributed by atoms with van der Waals surface area (Å²) in [5.74, 6) is 3.03. The minimum Gasteiger partial charge on any atom is -0.458 e. The third-order valence-electron chi connectivity index (χ3n) is 2.54. The van der Waals surface area contributed by atoms with Crippen molar-refractivity contribution >= 4 is 12.2 Å². The summed E-state index contributed by atoms with van der Waals surface area (Å²) < 4.78 is 8.33. The number of aromatic nitrogens is 3. The van der Waals surface area contributed by atoms with E-state index in [-0.39, 0.29) is 0 Å². The molecule has 0 aromatic carbocycles. The van der Waals surface area contributed by atoms with Crippen LogP contribution in [0.5, 0.6) is 0 Å². The molecule has 0 saturated carbocycles. The third kappa shape index (κ3) is 2.49. The monoisotopic (exact) mass is 251 g/mol. The van der Waals surface area contributed by atoms with Gasteiger partial charge in [0, 0.05) is 13.0 Å². The first-order chi connectivity index (χ1) is 8.11. The molecule has 0 spiro atoms. The highest BCUT2D eigenvalue weighted by Gasteiger charge is 2.13. The van der Waals surface area contributed by atoms with Gasteiger partial charge in [-0.15, -0.1) is 0 Å². The molecule has 17 heavy (non-hydrogen) atoms. The van der Waals surface area contributed by atoms with Crippen molar-refractivity contribution in [1.29, 1.82) is 0 Å². The first-order valence-electron chi connectivity index (χ1n) is 5.86. The Hall–Kier alpha value is -1.36. The van der Waals surface area contributed by atoms with Crippen LogP contribution in [-0.2, 0) is 13.0 Å². The lowest BCUT2D eigenvalue weighted by atomic mass is 10.2. The van der Waals surface area contributed by atoms with Crippen LogP contribution in [0.3, 0.4) is 0 Å². The van der Waals surface area contributed by atoms with E-state index < -0.39 is 0 Å². The molecule has 0 radical (unpaired) electrons. The highest BCUT2D eigenvalue weighted by molar-refractivity contribution is 7.71. The zero-order chi connectivity index (χ0) is 12.4. The molecule has 2 aromatic rings. The molecule has 2 rings (SSSR count). The van der Waals surface area contributed by atoms with Crippen molar-refractivity contribution in [3.05, 3.63) is 22.7 Å². The summed E-state index contributed by atoms with van der Waals surface area (Å²) in [4.78, 5) is 0. The SMILES string of the molecule is CCc1ccc(-c2n[nH]c(=S)n2CC(C)C)o1. The minimum absolute atomic E-state index is 0.513. The standard InChI is InChI=1S/C12H17N3OS/c1-4-9-5-6-10(16-9)11-13-14-12(17)15(11)7-8(2)3/h5-6,8H,4,7H2,1-3H3,(H,14,17). The van der Waals surface area contributed by atoms with Gasteiger partial charge in [-0.3, -0.25) is 9.67 Å². The van der Waals surface area contributed by atoms with Crippen LogP contribution in [0.25, 0.3) is 11.6 Å². The summed E-state index contributed by atoms with van der Waals surface area (Å²) in [7, 11) is 0. The number of hydrogen-bond acceptors (Lipinski definition) is 3. The van der Waals surface area contributed by atoms with Crippen molar-refractivity contribution in [1.82, 2.24) is 14.8 Å². The van der Waals surface area contributed by atoms with Crippen LogP contribution in [0.15, 0.2) is 16.5 Å². The van der Waals surface area contributed by atoms with Crippen molar-refractivity contribution in [3.8, 4) is 11.6 Å². The Balaban J connectivity index is 2.41. The van der Waals surface area contributed by atoms with Crippen LogP contribution in [0.1, 0.15) is 26.5 Å². The maximum Gasteiger partial charge on any atom is 0.198 e. The van der Waals surface area contributed by atoms with Crippen molar-refractivity contribution < 1.29 is 4.42 Å². The highest BCUT2D eigenvalue weighted by Crippen LogP contribution is 2.21. The molecule has 0 fully saturated rings. The molecule has 4 nitrogen and oxygen atoms in total. The van der Waals surface area contributed by atoms with Gasteiger partial charge in [0.1, 0.15) is 5.76 Å². The number of furan rings is 1. The summed E-state index contributed by atoms with van der Waals surface area (Å²) in [6.45, 7) is 7.21. The molecule has 0 atom stereocenters. The maximum atomic E-state index is 5.70. The van der Waals surface area contributed by atoms with E-state index in [1.165, 1.54) is 0 Å². The molecule has 0 aliphatic rings. The number of nitrogens with one attached hydrogen (secondary N) is 1. The summed E-state index contributed by atoms with van der Waals surface area (Å²) in [5, 5.41) is 7.06. The second kappa shape index (κ2) is 4.87. The summed E-state index contributed by atoms with van der Waals surface area (Å²) in [6.07, 6.45) is 0.884. The minimum atomic E-state index is 0.513. The van der Waals surface area contributed by atoms with E-state index in [4.69, 9.17) is 16.6 Å². The molecule has 0 aliphatic carbocycles. The smallest absolute Gasteiger partial charge is 0.198 e. The van der Waals surface area contributed by atoms with E-state index in [1.807, 2.05) is 16.7 Å². The predicted octanol–water partition coefficient (Wildman–Crippen LogP) is 3.42. The Labute approximate surface area is 106 Å². The Kier molecular flexibility index (Phi) is 3.47. The maximum absolute atomic E-state index is 5.70. The quantitative estimate of drug-likeness (QED) is 0.847. The zero-order valence-corrected chi connectivity index (χ0v) is 11.2. The van der Waals surface area contributed by atoms with E-state index in [0.29, 0.717) is 10.7 Å². The van der Waals surface area contributed by atoms with Gasteiger partial charge >= 0.3 is 0 Å². The van der Waals surface area contributed by atoms with Gasteiger partial charge in [-0.05, 0) is 30.3 Å². The molecular weight excluding hydrogens is 234 g/mol. The first kappa shape index (κ1) is 12.1. The molecular formula is C12H17N3OS. The van der Waals surface area contributed by atoms with Crippen molar-refractivity contribution in [3.63, 3.8) is 0 Å². The second-order valence-electron chi connectivity index (χ2n) is 4.48. The van der Waals surface area contributed by atoms with E-state index in [9.17, 15) is 0 Å². The molecule has 2 aromatic heterocycles. The van der Waals surface area contributed by atoms with Crippen molar-refractivity contribution in [2.75, 3.05) is 0 Å². The largest absolute Gasteiger partial charge is 0.458 e. The van der Waals surface area contributed by atoms with E-state index >= 15 is 0 Å². The van der Waals surface area contributed by atoms with Gasteiger partial charge in [-0.1, -0.05) is 20.8 Å². The fourth-order valence-corrected chi connectivity index (χ4v) is 1.94. The molecule has 0 amide bonds. The molecule has 1 N–H and O–H groups in total. The molecule has 0 bridgehead atoms. The van der Waals surface area contributed by atoms with Crippen LogP contribution in [0.4, 0.5) is 0 Å². The van der Waals surface area contributed by atoms with Gasteiger partial charge in [-0.25, -0.2) is 0 Å². The number of aromatic amines is 1. The average molecular weight is 251 g/mol. The Bertz CT molecular complexity index is 550. The van der Waals surface area contributed by atoms with E-state index in [2.05, 4.69) is 31.0 Å². The zero-order valence-electron chi connectivity index (χ0n) is 10.4. The van der Waals surface area contributed by atoms with Crippen LogP contribution >= 0.6 is 12.2 Å². The van der Waals surface area contributed by atoms with Crippen LogP contribution in [0, 0.1) is 10.7 Å². The topological polar surface area (TPSA) is 46.8 Å². The van der Waals surface area contributed by atoms with Crippen molar-refractivity contribution in [2.45, 2.75) is 33.7 Å². The third-order valence-corrected chi connectivity index (χ3v) is 2.85. The van der Waals surface area contributed by atoms with Gasteiger partial charge in [0.05, 0.1) is 0 Å². The van der Waals surface area contributed by atoms with Gasteiger partial charge < -0.3 is 4.42 Å². The molecule has 0 aliphatic heterocycles. The fourth-order valence-electron chi connectivity index (χ4n) is 1.73. The second-order valence-corrected chi connectivity index (χ2v) is 4.86. The highest BCUT2D eigenvalue weighted by atomic mass is 32.1. The van der Waals surface area contributed by atoms with E-state index in [0.717, 1.165) is 30.3 Å². The lowest BCUT2D eigenvalue weighted by Gasteiger charge is -2.07. The van der Waals surface area contributed by atoms with Crippen LogP contribution in [0.2, 0.25) is 0 Å². The van der Waals surface area contributed by atoms with Crippen LogP contribution in [-0.4, -0.2) is 14.8 Å². The fraction of sp³-hybridized carbons (Fsp3) is 0.500. The Morgan fingerprint density at radius 2 is 2.24 bits per heavy atom. The number of H-pyrrole nitrogens is 1. The normalized spacial score (nSPS) is 11.3. The summed E-state index contributed by atoms with van der Waals surface area (Å²) in [5.41, 5.74) is 0. The molecule has 2 heterocycles. The number of nitrogens with zero attached hydrogens (tertiary/aromatic N) is 2. The number of rotatable bonds is 4. The average Bonchev–Trinajstić information content (AvgIpc) is 2.86. The van der Waals surface area contributed by atoms with Gasteiger partial charge in [0.15, 0.2) is 16.4 Å². The number of hydrogen-bond donors (Lipinski definition) is 1. The molecule has 0 unspecified atom stereocenters. The first-order valence-corrected chi connectivity index (χ1v) is 6.27. The number of aryl methyl sites for hydroxylation is 1. The lowest BCUT2D eigenvalue weighted by molar-refractivity contribution is 0.497. The Morgan fingerprint density at radius 1 is 1.47 bits per heavy atom. The predicted molar refractivity (Wildman–Crippen MR) is 69.3 cm³/mol. The van der Waals surface area contributed by atoms with Crippen molar-refractivity contribution in [2.24, 2.45) is 5.92 Å². The van der Waals surface area contributed by atoms with Crippen LogP contribution < -0.4 is 0 Å².